The lowest BCUT2D eigenvalue weighted by atomic mass is 10.0. The fourth-order valence-electron chi connectivity index (χ4n) is 2.68. The zero-order chi connectivity index (χ0) is 20.1. The van der Waals surface area contributed by atoms with Crippen LogP contribution in [-0.2, 0) is 14.3 Å². The maximum atomic E-state index is 12.1. The number of imide groups is 1. The van der Waals surface area contributed by atoms with Gasteiger partial charge >= 0.3 is 18.0 Å². The van der Waals surface area contributed by atoms with Gasteiger partial charge in [0.1, 0.15) is 5.75 Å². The molecule has 1 saturated heterocycles. The Balaban J connectivity index is 1.58. The molecular weight excluding hydrogens is 364 g/mol. The summed E-state index contributed by atoms with van der Waals surface area (Å²) >= 11 is 0. The average molecular weight is 382 g/mol. The predicted octanol–water partition coefficient (Wildman–Crippen LogP) is 1.99. The van der Waals surface area contributed by atoms with Crippen molar-refractivity contribution in [3.63, 3.8) is 0 Å². The summed E-state index contributed by atoms with van der Waals surface area (Å²) in [6.45, 7) is 1.49. The van der Waals surface area contributed by atoms with Crippen LogP contribution in [-0.4, -0.2) is 48.5 Å². The van der Waals surface area contributed by atoms with Crippen molar-refractivity contribution < 1.29 is 28.7 Å². The second-order valence-electron chi connectivity index (χ2n) is 6.05. The van der Waals surface area contributed by atoms with Gasteiger partial charge in [-0.25, -0.2) is 9.59 Å². The van der Waals surface area contributed by atoms with Crippen LogP contribution in [0.4, 0.5) is 4.79 Å². The van der Waals surface area contributed by atoms with Gasteiger partial charge in [-0.2, -0.15) is 0 Å². The molecule has 28 heavy (non-hydrogen) atoms. The summed E-state index contributed by atoms with van der Waals surface area (Å²) in [7, 11) is 0. The number of rotatable bonds is 5. The molecule has 0 spiro atoms. The first-order valence-electron chi connectivity index (χ1n) is 8.58. The van der Waals surface area contributed by atoms with Gasteiger partial charge < -0.3 is 14.8 Å². The van der Waals surface area contributed by atoms with Crippen LogP contribution in [0.1, 0.15) is 17.3 Å². The van der Waals surface area contributed by atoms with Gasteiger partial charge in [0.25, 0.3) is 5.91 Å². The highest BCUT2D eigenvalue weighted by atomic mass is 16.5. The number of carbonyl (C=O) groups excluding carboxylic acids is 4. The zero-order valence-corrected chi connectivity index (χ0v) is 15.1. The Labute approximate surface area is 161 Å². The van der Waals surface area contributed by atoms with E-state index < -0.39 is 24.5 Å². The minimum absolute atomic E-state index is 0.264. The van der Waals surface area contributed by atoms with E-state index in [9.17, 15) is 19.2 Å². The van der Waals surface area contributed by atoms with Crippen molar-refractivity contribution in [1.29, 1.82) is 0 Å². The molecule has 3 rings (SSSR count). The first kappa shape index (κ1) is 19.1. The average Bonchev–Trinajstić information content (AvgIpc) is 3.12. The van der Waals surface area contributed by atoms with E-state index in [1.165, 1.54) is 6.92 Å². The monoisotopic (exact) mass is 382 g/mol. The van der Waals surface area contributed by atoms with Crippen LogP contribution >= 0.6 is 0 Å². The second-order valence-corrected chi connectivity index (χ2v) is 6.05. The third-order valence-electron chi connectivity index (χ3n) is 4.05. The molecular formula is C20H18N2O6. The van der Waals surface area contributed by atoms with E-state index in [-0.39, 0.29) is 12.5 Å². The summed E-state index contributed by atoms with van der Waals surface area (Å²) in [5.74, 6) is -1.15. The number of amides is 3. The number of esters is 2. The molecule has 0 radical (unpaired) electrons. The summed E-state index contributed by atoms with van der Waals surface area (Å²) in [5.41, 5.74) is 2.03. The molecule has 1 fully saturated rings. The number of benzene rings is 2. The molecule has 0 bridgehead atoms. The van der Waals surface area contributed by atoms with E-state index in [0.717, 1.165) is 16.0 Å². The SMILES string of the molecule is CC(=O)Oc1ccc(-c2ccc(C(=O)OCC(=O)N3CCNC3=O)cc2)cc1. The standard InChI is InChI=1S/C20H18N2O6/c1-13(23)28-17-8-6-15(7-9-17)14-2-4-16(5-3-14)19(25)27-12-18(24)22-11-10-21-20(22)26/h2-9H,10-12H2,1H3,(H,21,26). The van der Waals surface area contributed by atoms with E-state index in [2.05, 4.69) is 5.32 Å². The highest BCUT2D eigenvalue weighted by molar-refractivity contribution is 5.98. The van der Waals surface area contributed by atoms with Gasteiger partial charge in [0.05, 0.1) is 5.56 Å². The molecule has 1 aliphatic heterocycles. The number of hydrogen-bond acceptors (Lipinski definition) is 6. The number of hydrogen-bond donors (Lipinski definition) is 1. The largest absolute Gasteiger partial charge is 0.452 e. The van der Waals surface area contributed by atoms with E-state index in [4.69, 9.17) is 9.47 Å². The van der Waals surface area contributed by atoms with Crippen molar-refractivity contribution in [2.75, 3.05) is 19.7 Å². The Morgan fingerprint density at radius 1 is 1.00 bits per heavy atom. The van der Waals surface area contributed by atoms with Gasteiger partial charge in [-0.05, 0) is 35.4 Å². The van der Waals surface area contributed by atoms with Crippen molar-refractivity contribution in [2.24, 2.45) is 0 Å². The Morgan fingerprint density at radius 2 is 1.61 bits per heavy atom. The molecule has 2 aromatic carbocycles. The molecule has 0 aromatic heterocycles. The highest BCUT2D eigenvalue weighted by Crippen LogP contribution is 2.23. The van der Waals surface area contributed by atoms with Crippen LogP contribution in [0, 0.1) is 0 Å². The Hall–Kier alpha value is -3.68. The molecule has 2 aromatic rings. The highest BCUT2D eigenvalue weighted by Gasteiger charge is 2.26. The Kier molecular flexibility index (Phi) is 5.69. The van der Waals surface area contributed by atoms with E-state index in [1.807, 2.05) is 0 Å². The Bertz CT molecular complexity index is 905. The molecule has 1 aliphatic rings. The number of nitrogens with zero attached hydrogens (tertiary/aromatic N) is 1. The lowest BCUT2D eigenvalue weighted by molar-refractivity contribution is -0.132. The van der Waals surface area contributed by atoms with Crippen molar-refractivity contribution >= 4 is 23.9 Å². The molecule has 1 N–H and O–H groups in total. The number of ether oxygens (including phenoxy) is 2. The minimum Gasteiger partial charge on any atom is -0.452 e. The lowest BCUT2D eigenvalue weighted by Crippen LogP contribution is -2.37. The molecule has 0 atom stereocenters. The van der Waals surface area contributed by atoms with Gasteiger partial charge in [-0.3, -0.25) is 14.5 Å². The third-order valence-corrected chi connectivity index (χ3v) is 4.05. The molecule has 8 nitrogen and oxygen atoms in total. The van der Waals surface area contributed by atoms with Crippen LogP contribution < -0.4 is 10.1 Å². The van der Waals surface area contributed by atoms with Crippen LogP contribution in [0.5, 0.6) is 5.75 Å². The maximum Gasteiger partial charge on any atom is 0.338 e. The first-order chi connectivity index (χ1) is 13.4. The molecule has 1 heterocycles. The van der Waals surface area contributed by atoms with Crippen molar-refractivity contribution in [1.82, 2.24) is 10.2 Å². The van der Waals surface area contributed by atoms with E-state index in [1.54, 1.807) is 48.5 Å². The zero-order valence-electron chi connectivity index (χ0n) is 15.1. The minimum atomic E-state index is -0.648. The third kappa shape index (κ3) is 4.53. The maximum absolute atomic E-state index is 12.1. The van der Waals surface area contributed by atoms with Crippen molar-refractivity contribution in [3.05, 3.63) is 54.1 Å². The first-order valence-corrected chi connectivity index (χ1v) is 8.58. The second kappa shape index (κ2) is 8.34. The number of nitrogens with one attached hydrogen (secondary N) is 1. The van der Waals surface area contributed by atoms with Crippen LogP contribution in [0.2, 0.25) is 0 Å². The summed E-state index contributed by atoms with van der Waals surface area (Å²) in [6.07, 6.45) is 0. The number of urea groups is 1. The van der Waals surface area contributed by atoms with E-state index >= 15 is 0 Å². The van der Waals surface area contributed by atoms with E-state index in [0.29, 0.717) is 17.9 Å². The van der Waals surface area contributed by atoms with Gasteiger partial charge in [0.2, 0.25) is 0 Å². The lowest BCUT2D eigenvalue weighted by Gasteiger charge is -2.12. The van der Waals surface area contributed by atoms with Gasteiger partial charge in [-0.1, -0.05) is 24.3 Å². The number of carbonyl (C=O) groups is 4. The molecule has 8 heteroatoms. The fraction of sp³-hybridized carbons (Fsp3) is 0.200. The molecule has 0 saturated carbocycles. The van der Waals surface area contributed by atoms with Crippen LogP contribution in [0.15, 0.2) is 48.5 Å². The summed E-state index contributed by atoms with van der Waals surface area (Å²) in [6, 6.07) is 13.1. The van der Waals surface area contributed by atoms with Crippen LogP contribution in [0.3, 0.4) is 0 Å². The molecule has 144 valence electrons. The smallest absolute Gasteiger partial charge is 0.338 e. The normalized spacial score (nSPS) is 13.0. The summed E-state index contributed by atoms with van der Waals surface area (Å²) < 4.78 is 9.98. The fourth-order valence-corrected chi connectivity index (χ4v) is 2.68. The molecule has 0 aliphatic carbocycles. The van der Waals surface area contributed by atoms with Gasteiger partial charge in [0.15, 0.2) is 6.61 Å². The molecule has 0 unspecified atom stereocenters. The van der Waals surface area contributed by atoms with Gasteiger partial charge in [-0.15, -0.1) is 0 Å². The summed E-state index contributed by atoms with van der Waals surface area (Å²) in [5, 5.41) is 2.51. The van der Waals surface area contributed by atoms with Gasteiger partial charge in [0, 0.05) is 20.0 Å². The Morgan fingerprint density at radius 3 is 2.14 bits per heavy atom. The topological polar surface area (TPSA) is 102 Å². The summed E-state index contributed by atoms with van der Waals surface area (Å²) in [4.78, 5) is 47.3. The van der Waals surface area contributed by atoms with Crippen molar-refractivity contribution in [2.45, 2.75) is 6.92 Å². The quantitative estimate of drug-likeness (QED) is 0.627. The van der Waals surface area contributed by atoms with Crippen LogP contribution in [0.25, 0.3) is 11.1 Å². The van der Waals surface area contributed by atoms with Crippen molar-refractivity contribution in [3.8, 4) is 16.9 Å². The predicted molar refractivity (Wildman–Crippen MR) is 98.6 cm³/mol. The molecule has 3 amide bonds.